The number of hydrogen-bond acceptors (Lipinski definition) is 5. The van der Waals surface area contributed by atoms with Crippen molar-refractivity contribution < 1.29 is 27.5 Å². The molecular formula is C29H34F3N3O3. The summed E-state index contributed by atoms with van der Waals surface area (Å²) in [6.07, 6.45) is -0.836. The molecule has 2 aromatic carbocycles. The molecule has 3 aromatic rings. The molecule has 1 amide bonds. The summed E-state index contributed by atoms with van der Waals surface area (Å²) >= 11 is 0. The van der Waals surface area contributed by atoms with Gasteiger partial charge in [-0.3, -0.25) is 4.79 Å². The summed E-state index contributed by atoms with van der Waals surface area (Å²) < 4.78 is 48.8. The van der Waals surface area contributed by atoms with Crippen molar-refractivity contribution in [2.75, 3.05) is 19.6 Å². The molecule has 0 bridgehead atoms. The number of benzene rings is 2. The largest absolute Gasteiger partial charge is 0.440 e. The van der Waals surface area contributed by atoms with Crippen LogP contribution in [0.2, 0.25) is 0 Å². The predicted octanol–water partition coefficient (Wildman–Crippen LogP) is 4.77. The lowest BCUT2D eigenvalue weighted by Gasteiger charge is -2.39. The van der Waals surface area contributed by atoms with Gasteiger partial charge in [0.1, 0.15) is 29.2 Å². The number of amides is 1. The molecule has 1 fully saturated rings. The third-order valence-corrected chi connectivity index (χ3v) is 7.04. The topological polar surface area (TPSA) is 87.4 Å². The van der Waals surface area contributed by atoms with Gasteiger partial charge in [-0.05, 0) is 36.1 Å². The van der Waals surface area contributed by atoms with Crippen molar-refractivity contribution in [2.24, 2.45) is 11.3 Å². The van der Waals surface area contributed by atoms with Gasteiger partial charge in [-0.1, -0.05) is 51.1 Å². The SMILES string of the molecule is CC(C)(C)[C@H](c1nc(-c2cc(F)ccc2F)oc1Cc1ccccc1)C(C)(O)C(=O)NC[C@@H]1CNC[C@@H]1F. The summed E-state index contributed by atoms with van der Waals surface area (Å²) in [6.45, 7) is 7.66. The number of carbonyl (C=O) groups is 1. The predicted molar refractivity (Wildman–Crippen MR) is 138 cm³/mol. The Kier molecular flexibility index (Phi) is 7.99. The van der Waals surface area contributed by atoms with Crippen LogP contribution in [0.15, 0.2) is 52.9 Å². The number of nitrogens with zero attached hydrogens (tertiary/aromatic N) is 1. The molecule has 38 heavy (non-hydrogen) atoms. The van der Waals surface area contributed by atoms with E-state index in [1.54, 1.807) is 0 Å². The van der Waals surface area contributed by atoms with Crippen LogP contribution in [0, 0.1) is 23.0 Å². The Bertz CT molecular complexity index is 1270. The van der Waals surface area contributed by atoms with E-state index in [1.165, 1.54) is 6.92 Å². The molecule has 9 heteroatoms. The number of aromatic nitrogens is 1. The fraction of sp³-hybridized carbons (Fsp3) is 0.448. The summed E-state index contributed by atoms with van der Waals surface area (Å²) in [7, 11) is 0. The van der Waals surface area contributed by atoms with Gasteiger partial charge in [-0.2, -0.15) is 0 Å². The van der Waals surface area contributed by atoms with Crippen LogP contribution in [0.3, 0.4) is 0 Å². The van der Waals surface area contributed by atoms with E-state index < -0.39 is 46.6 Å². The highest BCUT2D eigenvalue weighted by atomic mass is 19.1. The third-order valence-electron chi connectivity index (χ3n) is 7.04. The van der Waals surface area contributed by atoms with Crippen LogP contribution < -0.4 is 10.6 Å². The number of hydrogen-bond donors (Lipinski definition) is 3. The van der Waals surface area contributed by atoms with Crippen molar-refractivity contribution in [3.05, 3.63) is 77.2 Å². The molecule has 4 rings (SSSR count). The summed E-state index contributed by atoms with van der Waals surface area (Å²) in [4.78, 5) is 17.9. The fourth-order valence-electron chi connectivity index (χ4n) is 5.23. The molecule has 1 aliphatic heterocycles. The summed E-state index contributed by atoms with van der Waals surface area (Å²) in [6, 6.07) is 12.3. The third kappa shape index (κ3) is 5.94. The van der Waals surface area contributed by atoms with Crippen molar-refractivity contribution in [1.82, 2.24) is 15.6 Å². The molecule has 3 N–H and O–H groups in total. The standard InChI is InChI=1S/C29H34F3N3O3/c1-28(2,3)25(29(4,37)27(36)34-15-18-14-33-16-22(18)32)24-23(12-17-8-6-5-7-9-17)38-26(35-24)20-13-19(30)10-11-21(20)31/h5-11,13,18,22,25,33,37H,12,14-16H2,1-4H3,(H,34,36)/t18-,22-,25-,29?/m0/s1. The highest BCUT2D eigenvalue weighted by Crippen LogP contribution is 2.45. The van der Waals surface area contributed by atoms with Crippen LogP contribution in [0.5, 0.6) is 0 Å². The Labute approximate surface area is 220 Å². The normalized spacial score (nSPS) is 20.2. The van der Waals surface area contributed by atoms with E-state index >= 15 is 0 Å². The minimum atomic E-state index is -1.99. The van der Waals surface area contributed by atoms with Gasteiger partial charge in [-0.15, -0.1) is 0 Å². The van der Waals surface area contributed by atoms with Gasteiger partial charge in [0, 0.05) is 37.9 Å². The minimum Gasteiger partial charge on any atom is -0.440 e. The van der Waals surface area contributed by atoms with Crippen LogP contribution in [0.1, 0.15) is 50.6 Å². The molecular weight excluding hydrogens is 495 g/mol. The zero-order chi connectivity index (χ0) is 27.7. The first-order valence-corrected chi connectivity index (χ1v) is 12.7. The van der Waals surface area contributed by atoms with Gasteiger partial charge in [0.05, 0.1) is 11.3 Å². The van der Waals surface area contributed by atoms with E-state index in [-0.39, 0.29) is 36.7 Å². The number of alkyl halides is 1. The average Bonchev–Trinajstić information content (AvgIpc) is 3.44. The van der Waals surface area contributed by atoms with Gasteiger partial charge in [0.25, 0.3) is 5.91 Å². The second kappa shape index (κ2) is 10.9. The average molecular weight is 530 g/mol. The van der Waals surface area contributed by atoms with Crippen LogP contribution in [-0.4, -0.2) is 47.4 Å². The summed E-state index contributed by atoms with van der Waals surface area (Å²) in [5.74, 6) is -3.18. The molecule has 6 nitrogen and oxygen atoms in total. The first-order valence-electron chi connectivity index (χ1n) is 12.7. The minimum absolute atomic E-state index is 0.0649. The molecule has 1 saturated heterocycles. The lowest BCUT2D eigenvalue weighted by molar-refractivity contribution is -0.144. The van der Waals surface area contributed by atoms with Gasteiger partial charge < -0.3 is 20.2 Å². The summed E-state index contributed by atoms with van der Waals surface area (Å²) in [5, 5.41) is 17.4. The van der Waals surface area contributed by atoms with Gasteiger partial charge in [0.15, 0.2) is 0 Å². The first kappa shape index (κ1) is 27.9. The molecule has 204 valence electrons. The zero-order valence-electron chi connectivity index (χ0n) is 22.0. The van der Waals surface area contributed by atoms with Crippen molar-refractivity contribution in [3.63, 3.8) is 0 Å². The Balaban J connectivity index is 1.76. The fourth-order valence-corrected chi connectivity index (χ4v) is 5.23. The van der Waals surface area contributed by atoms with Gasteiger partial charge >= 0.3 is 0 Å². The van der Waals surface area contributed by atoms with E-state index in [4.69, 9.17) is 4.42 Å². The number of oxazole rings is 1. The molecule has 0 spiro atoms. The molecule has 2 heterocycles. The molecule has 1 aliphatic rings. The Morgan fingerprint density at radius 1 is 1.16 bits per heavy atom. The number of carbonyl (C=O) groups excluding carboxylic acids is 1. The van der Waals surface area contributed by atoms with E-state index in [2.05, 4.69) is 15.6 Å². The number of aliphatic hydroxyl groups is 1. The van der Waals surface area contributed by atoms with E-state index in [0.717, 1.165) is 23.8 Å². The Morgan fingerprint density at radius 2 is 1.87 bits per heavy atom. The Hall–Kier alpha value is -3.17. The highest BCUT2D eigenvalue weighted by Gasteiger charge is 2.49. The van der Waals surface area contributed by atoms with Crippen molar-refractivity contribution in [3.8, 4) is 11.5 Å². The Morgan fingerprint density at radius 3 is 2.50 bits per heavy atom. The first-order chi connectivity index (χ1) is 17.9. The lowest BCUT2D eigenvalue weighted by atomic mass is 9.68. The zero-order valence-corrected chi connectivity index (χ0v) is 22.0. The maximum Gasteiger partial charge on any atom is 0.252 e. The quantitative estimate of drug-likeness (QED) is 0.392. The van der Waals surface area contributed by atoms with Gasteiger partial charge in [-0.25, -0.2) is 18.2 Å². The van der Waals surface area contributed by atoms with E-state index in [0.29, 0.717) is 12.3 Å². The van der Waals surface area contributed by atoms with Crippen LogP contribution in [0.25, 0.3) is 11.5 Å². The number of halogens is 3. The van der Waals surface area contributed by atoms with Crippen LogP contribution in [0.4, 0.5) is 13.2 Å². The molecule has 4 atom stereocenters. The maximum absolute atomic E-state index is 14.7. The summed E-state index contributed by atoms with van der Waals surface area (Å²) in [5.41, 5.74) is -1.74. The molecule has 1 aromatic heterocycles. The van der Waals surface area contributed by atoms with E-state index in [9.17, 15) is 23.1 Å². The highest BCUT2D eigenvalue weighted by molar-refractivity contribution is 5.86. The second-order valence-corrected chi connectivity index (χ2v) is 11.2. The smallest absolute Gasteiger partial charge is 0.252 e. The van der Waals surface area contributed by atoms with Crippen molar-refractivity contribution >= 4 is 5.91 Å². The van der Waals surface area contributed by atoms with Gasteiger partial charge in [0.2, 0.25) is 5.89 Å². The van der Waals surface area contributed by atoms with Crippen LogP contribution >= 0.6 is 0 Å². The van der Waals surface area contributed by atoms with Crippen LogP contribution in [-0.2, 0) is 11.2 Å². The maximum atomic E-state index is 14.7. The van der Waals surface area contributed by atoms with Crippen molar-refractivity contribution in [1.29, 1.82) is 0 Å². The molecule has 1 unspecified atom stereocenters. The monoisotopic (exact) mass is 529 g/mol. The molecule has 0 aliphatic carbocycles. The molecule has 0 radical (unpaired) electrons. The van der Waals surface area contributed by atoms with Crippen molar-refractivity contribution in [2.45, 2.75) is 51.8 Å². The molecule has 0 saturated carbocycles. The van der Waals surface area contributed by atoms with E-state index in [1.807, 2.05) is 51.1 Å². The lowest BCUT2D eigenvalue weighted by Crippen LogP contribution is -2.53. The number of rotatable bonds is 8. The number of nitrogens with one attached hydrogen (secondary N) is 2. The second-order valence-electron chi connectivity index (χ2n) is 11.2.